The fraction of sp³-hybridized carbons (Fsp3) is 0.500. The number of nitrogens with two attached hydrogens (primary N) is 1. The Morgan fingerprint density at radius 1 is 1.43 bits per heavy atom. The van der Waals surface area contributed by atoms with Gasteiger partial charge in [0.05, 0.1) is 0 Å². The lowest BCUT2D eigenvalue weighted by atomic mass is 9.95. The third-order valence-corrected chi connectivity index (χ3v) is 2.52. The number of benzene rings is 1. The van der Waals surface area contributed by atoms with Gasteiger partial charge in [-0.3, -0.25) is 0 Å². The number of aryl methyl sites for hydroxylation is 2. The van der Waals surface area contributed by atoms with E-state index in [0.717, 1.165) is 6.42 Å². The van der Waals surface area contributed by atoms with Crippen molar-refractivity contribution in [2.24, 2.45) is 5.73 Å². The van der Waals surface area contributed by atoms with Crippen LogP contribution in [0, 0.1) is 6.92 Å². The van der Waals surface area contributed by atoms with Gasteiger partial charge in [-0.1, -0.05) is 30.7 Å². The summed E-state index contributed by atoms with van der Waals surface area (Å²) in [6, 6.07) is 6.32. The summed E-state index contributed by atoms with van der Waals surface area (Å²) in [5.74, 6) is 0. The first-order valence-corrected chi connectivity index (χ1v) is 5.15. The maximum Gasteiger partial charge on any atom is 0.0449 e. The van der Waals surface area contributed by atoms with E-state index in [2.05, 4.69) is 32.0 Å². The average Bonchev–Trinajstić information content (AvgIpc) is 2.18. The largest absolute Gasteiger partial charge is 0.396 e. The smallest absolute Gasteiger partial charge is 0.0449 e. The second-order valence-corrected chi connectivity index (χ2v) is 3.67. The molecule has 2 nitrogen and oxygen atoms in total. The zero-order chi connectivity index (χ0) is 10.6. The van der Waals surface area contributed by atoms with E-state index >= 15 is 0 Å². The van der Waals surface area contributed by atoms with Crippen molar-refractivity contribution < 1.29 is 5.11 Å². The van der Waals surface area contributed by atoms with E-state index < -0.39 is 0 Å². The molecule has 0 saturated carbocycles. The zero-order valence-electron chi connectivity index (χ0n) is 8.96. The summed E-state index contributed by atoms with van der Waals surface area (Å²) in [5.41, 5.74) is 9.69. The summed E-state index contributed by atoms with van der Waals surface area (Å²) in [5, 5.41) is 8.85. The fourth-order valence-electron chi connectivity index (χ4n) is 1.68. The molecule has 0 aliphatic rings. The van der Waals surface area contributed by atoms with E-state index in [1.165, 1.54) is 16.7 Å². The van der Waals surface area contributed by atoms with Crippen LogP contribution in [0.1, 0.15) is 36.1 Å². The standard InChI is InChI=1S/C12H19NO/c1-3-10-5-4-9(2)8-11(10)12(13)6-7-14/h4-5,8,12,14H,3,6-7,13H2,1-2H3/t12-/m1/s1. The number of rotatable bonds is 4. The maximum absolute atomic E-state index is 8.85. The highest BCUT2D eigenvalue weighted by molar-refractivity contribution is 5.33. The lowest BCUT2D eigenvalue weighted by Gasteiger charge is -2.15. The molecule has 0 bridgehead atoms. The summed E-state index contributed by atoms with van der Waals surface area (Å²) >= 11 is 0. The van der Waals surface area contributed by atoms with Crippen LogP contribution in [0.3, 0.4) is 0 Å². The number of hydrogen-bond acceptors (Lipinski definition) is 2. The summed E-state index contributed by atoms with van der Waals surface area (Å²) in [6.07, 6.45) is 1.63. The SMILES string of the molecule is CCc1ccc(C)cc1[C@H](N)CCO. The van der Waals surface area contributed by atoms with E-state index in [4.69, 9.17) is 10.8 Å². The molecule has 14 heavy (non-hydrogen) atoms. The molecule has 0 heterocycles. The van der Waals surface area contributed by atoms with Crippen LogP contribution in [-0.2, 0) is 6.42 Å². The molecule has 1 rings (SSSR count). The Balaban J connectivity index is 2.97. The van der Waals surface area contributed by atoms with Crippen LogP contribution in [0.4, 0.5) is 0 Å². The van der Waals surface area contributed by atoms with E-state index in [-0.39, 0.29) is 12.6 Å². The van der Waals surface area contributed by atoms with Crippen molar-refractivity contribution in [2.75, 3.05) is 6.61 Å². The topological polar surface area (TPSA) is 46.2 Å². The van der Waals surface area contributed by atoms with Crippen LogP contribution in [-0.4, -0.2) is 11.7 Å². The highest BCUT2D eigenvalue weighted by atomic mass is 16.3. The molecule has 0 unspecified atom stereocenters. The van der Waals surface area contributed by atoms with Gasteiger partial charge in [-0.25, -0.2) is 0 Å². The van der Waals surface area contributed by atoms with Crippen LogP contribution in [0.25, 0.3) is 0 Å². The summed E-state index contributed by atoms with van der Waals surface area (Å²) < 4.78 is 0. The van der Waals surface area contributed by atoms with Crippen LogP contribution < -0.4 is 5.73 Å². The van der Waals surface area contributed by atoms with Crippen molar-refractivity contribution in [1.29, 1.82) is 0 Å². The Bertz CT molecular complexity index is 296. The highest BCUT2D eigenvalue weighted by Crippen LogP contribution is 2.20. The van der Waals surface area contributed by atoms with E-state index in [9.17, 15) is 0 Å². The molecular weight excluding hydrogens is 174 g/mol. The van der Waals surface area contributed by atoms with Gasteiger partial charge >= 0.3 is 0 Å². The van der Waals surface area contributed by atoms with E-state index in [1.807, 2.05) is 0 Å². The van der Waals surface area contributed by atoms with Gasteiger partial charge in [0.25, 0.3) is 0 Å². The van der Waals surface area contributed by atoms with Crippen LogP contribution >= 0.6 is 0 Å². The minimum atomic E-state index is -0.0325. The molecular formula is C12H19NO. The Morgan fingerprint density at radius 3 is 2.71 bits per heavy atom. The third kappa shape index (κ3) is 2.56. The molecule has 0 radical (unpaired) electrons. The predicted octanol–water partition coefficient (Wildman–Crippen LogP) is 1.94. The minimum absolute atomic E-state index is 0.0325. The highest BCUT2D eigenvalue weighted by Gasteiger charge is 2.09. The predicted molar refractivity (Wildman–Crippen MR) is 59.2 cm³/mol. The quantitative estimate of drug-likeness (QED) is 0.767. The first-order chi connectivity index (χ1) is 6.69. The summed E-state index contributed by atoms with van der Waals surface area (Å²) in [6.45, 7) is 4.34. The molecule has 0 aliphatic carbocycles. The lowest BCUT2D eigenvalue weighted by Crippen LogP contribution is -2.14. The molecule has 0 aromatic heterocycles. The fourth-order valence-corrected chi connectivity index (χ4v) is 1.68. The molecule has 0 aliphatic heterocycles. The van der Waals surface area contributed by atoms with Crippen molar-refractivity contribution in [3.63, 3.8) is 0 Å². The van der Waals surface area contributed by atoms with Gasteiger partial charge in [-0.2, -0.15) is 0 Å². The van der Waals surface area contributed by atoms with E-state index in [0.29, 0.717) is 6.42 Å². The van der Waals surface area contributed by atoms with Crippen LogP contribution in [0.5, 0.6) is 0 Å². The molecule has 0 spiro atoms. The van der Waals surface area contributed by atoms with Crippen molar-refractivity contribution in [3.05, 3.63) is 34.9 Å². The second kappa shape index (κ2) is 5.13. The van der Waals surface area contributed by atoms with Crippen molar-refractivity contribution in [3.8, 4) is 0 Å². The van der Waals surface area contributed by atoms with Gasteiger partial charge in [-0.15, -0.1) is 0 Å². The van der Waals surface area contributed by atoms with Gasteiger partial charge < -0.3 is 10.8 Å². The molecule has 0 saturated heterocycles. The van der Waals surface area contributed by atoms with Gasteiger partial charge in [0.2, 0.25) is 0 Å². The molecule has 1 aromatic rings. The Morgan fingerprint density at radius 2 is 2.14 bits per heavy atom. The maximum atomic E-state index is 8.85. The molecule has 0 amide bonds. The van der Waals surface area contributed by atoms with Crippen LogP contribution in [0.2, 0.25) is 0 Å². The second-order valence-electron chi connectivity index (χ2n) is 3.67. The zero-order valence-corrected chi connectivity index (χ0v) is 8.96. The van der Waals surface area contributed by atoms with E-state index in [1.54, 1.807) is 0 Å². The summed E-state index contributed by atoms with van der Waals surface area (Å²) in [7, 11) is 0. The number of aliphatic hydroxyl groups excluding tert-OH is 1. The Labute approximate surface area is 85.8 Å². The van der Waals surface area contributed by atoms with Crippen LogP contribution in [0.15, 0.2) is 18.2 Å². The Kier molecular flexibility index (Phi) is 4.11. The monoisotopic (exact) mass is 193 g/mol. The van der Waals surface area contributed by atoms with Crippen molar-refractivity contribution >= 4 is 0 Å². The molecule has 1 aromatic carbocycles. The first kappa shape index (κ1) is 11.2. The minimum Gasteiger partial charge on any atom is -0.396 e. The first-order valence-electron chi connectivity index (χ1n) is 5.15. The lowest BCUT2D eigenvalue weighted by molar-refractivity contribution is 0.276. The molecule has 2 heteroatoms. The molecule has 3 N–H and O–H groups in total. The summed E-state index contributed by atoms with van der Waals surface area (Å²) in [4.78, 5) is 0. The Hall–Kier alpha value is -0.860. The molecule has 1 atom stereocenters. The number of hydrogen-bond donors (Lipinski definition) is 2. The normalized spacial score (nSPS) is 12.9. The average molecular weight is 193 g/mol. The third-order valence-electron chi connectivity index (χ3n) is 2.52. The molecule has 78 valence electrons. The molecule has 0 fully saturated rings. The van der Waals surface area contributed by atoms with Gasteiger partial charge in [0.15, 0.2) is 0 Å². The van der Waals surface area contributed by atoms with Gasteiger partial charge in [0, 0.05) is 12.6 Å². The van der Waals surface area contributed by atoms with Crippen molar-refractivity contribution in [1.82, 2.24) is 0 Å². The van der Waals surface area contributed by atoms with Gasteiger partial charge in [-0.05, 0) is 30.9 Å². The van der Waals surface area contributed by atoms with Crippen molar-refractivity contribution in [2.45, 2.75) is 32.7 Å². The van der Waals surface area contributed by atoms with Gasteiger partial charge in [0.1, 0.15) is 0 Å². The number of aliphatic hydroxyl groups is 1.